The van der Waals surface area contributed by atoms with Crippen LogP contribution in [0, 0.1) is 11.3 Å². The molecule has 0 aromatic carbocycles. The number of hydrogen-bond donors (Lipinski definition) is 1. The van der Waals surface area contributed by atoms with Gasteiger partial charge in [-0.15, -0.1) is 0 Å². The molecule has 0 aromatic heterocycles. The first-order valence-electron chi connectivity index (χ1n) is 8.54. The van der Waals surface area contributed by atoms with E-state index in [0.717, 1.165) is 58.4 Å². The number of β-amino-alcohol motifs (C(OH)–C–C–N with tert-alkyl or cyclic N) is 1. The van der Waals surface area contributed by atoms with Gasteiger partial charge in [0.2, 0.25) is 5.91 Å². The number of nitrogens with zero attached hydrogens (tertiary/aromatic N) is 2. The van der Waals surface area contributed by atoms with Crippen LogP contribution in [0.4, 0.5) is 0 Å². The normalized spacial score (nSPS) is 24.4. The standard InChI is InChI=1S/C17H32N2O2/c1-17(2,3)15(20)13-18-10-7-14(8-11-18)12-19-9-5-4-6-16(19)21/h14-15,20H,4-13H2,1-3H3. The van der Waals surface area contributed by atoms with Gasteiger partial charge in [0, 0.05) is 26.1 Å². The van der Waals surface area contributed by atoms with Gasteiger partial charge in [-0.1, -0.05) is 20.8 Å². The number of aliphatic hydroxyl groups is 1. The van der Waals surface area contributed by atoms with E-state index in [1.165, 1.54) is 6.42 Å². The third-order valence-electron chi connectivity index (χ3n) is 5.04. The van der Waals surface area contributed by atoms with Crippen molar-refractivity contribution in [1.29, 1.82) is 0 Å². The van der Waals surface area contributed by atoms with Crippen LogP contribution in [-0.2, 0) is 4.79 Å². The third kappa shape index (κ3) is 4.96. The number of likely N-dealkylation sites (tertiary alicyclic amines) is 2. The molecule has 2 heterocycles. The summed E-state index contributed by atoms with van der Waals surface area (Å²) in [6.07, 6.45) is 5.02. The zero-order valence-corrected chi connectivity index (χ0v) is 14.0. The van der Waals surface area contributed by atoms with Crippen LogP contribution in [0.5, 0.6) is 0 Å². The summed E-state index contributed by atoms with van der Waals surface area (Å²) in [5.74, 6) is 1.00. The Hall–Kier alpha value is -0.610. The van der Waals surface area contributed by atoms with Gasteiger partial charge in [-0.05, 0) is 50.1 Å². The number of aliphatic hydroxyl groups excluding tert-OH is 1. The molecule has 2 rings (SSSR count). The Balaban J connectivity index is 1.72. The molecule has 2 aliphatic heterocycles. The molecule has 2 saturated heterocycles. The molecule has 122 valence electrons. The number of amides is 1. The van der Waals surface area contributed by atoms with Crippen LogP contribution in [-0.4, -0.2) is 59.6 Å². The molecule has 4 heteroatoms. The average Bonchev–Trinajstić information content (AvgIpc) is 2.42. The molecule has 1 N–H and O–H groups in total. The molecule has 0 saturated carbocycles. The molecule has 0 spiro atoms. The van der Waals surface area contributed by atoms with Crippen molar-refractivity contribution in [2.45, 2.75) is 59.0 Å². The molecule has 2 fully saturated rings. The number of piperidine rings is 2. The highest BCUT2D eigenvalue weighted by atomic mass is 16.3. The summed E-state index contributed by atoms with van der Waals surface area (Å²) in [6.45, 7) is 11.1. The van der Waals surface area contributed by atoms with Crippen LogP contribution < -0.4 is 0 Å². The summed E-state index contributed by atoms with van der Waals surface area (Å²) in [5, 5.41) is 10.2. The van der Waals surface area contributed by atoms with Crippen LogP contribution in [0.3, 0.4) is 0 Å². The fourth-order valence-corrected chi connectivity index (χ4v) is 3.24. The van der Waals surface area contributed by atoms with Crippen molar-refractivity contribution < 1.29 is 9.90 Å². The second kappa shape index (κ2) is 7.10. The van der Waals surface area contributed by atoms with Gasteiger partial charge in [0.05, 0.1) is 6.10 Å². The minimum Gasteiger partial charge on any atom is -0.391 e. The molecular formula is C17H32N2O2. The lowest BCUT2D eigenvalue weighted by Crippen LogP contribution is -2.46. The van der Waals surface area contributed by atoms with Crippen molar-refractivity contribution in [3.05, 3.63) is 0 Å². The zero-order chi connectivity index (χ0) is 15.5. The fraction of sp³-hybridized carbons (Fsp3) is 0.941. The number of carbonyl (C=O) groups is 1. The molecular weight excluding hydrogens is 264 g/mol. The predicted molar refractivity (Wildman–Crippen MR) is 85.1 cm³/mol. The van der Waals surface area contributed by atoms with Gasteiger partial charge in [-0.2, -0.15) is 0 Å². The van der Waals surface area contributed by atoms with E-state index in [2.05, 4.69) is 30.6 Å². The van der Waals surface area contributed by atoms with Crippen molar-refractivity contribution >= 4 is 5.91 Å². The van der Waals surface area contributed by atoms with Gasteiger partial charge in [-0.3, -0.25) is 4.79 Å². The Kier molecular flexibility index (Phi) is 5.67. The van der Waals surface area contributed by atoms with Crippen molar-refractivity contribution in [1.82, 2.24) is 9.80 Å². The number of hydrogen-bond acceptors (Lipinski definition) is 3. The van der Waals surface area contributed by atoms with Gasteiger partial charge in [0.25, 0.3) is 0 Å². The summed E-state index contributed by atoms with van der Waals surface area (Å²) >= 11 is 0. The molecule has 0 radical (unpaired) electrons. The molecule has 2 aliphatic rings. The van der Waals surface area contributed by atoms with Crippen LogP contribution in [0.25, 0.3) is 0 Å². The van der Waals surface area contributed by atoms with Crippen LogP contribution in [0.15, 0.2) is 0 Å². The van der Waals surface area contributed by atoms with Gasteiger partial charge in [0.1, 0.15) is 0 Å². The zero-order valence-electron chi connectivity index (χ0n) is 14.0. The molecule has 1 unspecified atom stereocenters. The molecule has 4 nitrogen and oxygen atoms in total. The van der Waals surface area contributed by atoms with Gasteiger partial charge in [-0.25, -0.2) is 0 Å². The lowest BCUT2D eigenvalue weighted by Gasteiger charge is -2.38. The Bertz CT molecular complexity index is 343. The van der Waals surface area contributed by atoms with E-state index < -0.39 is 0 Å². The summed E-state index contributed by atoms with van der Waals surface area (Å²) in [5.41, 5.74) is -0.0446. The maximum absolute atomic E-state index is 11.9. The van der Waals surface area contributed by atoms with E-state index in [1.54, 1.807) is 0 Å². The van der Waals surface area contributed by atoms with Gasteiger partial charge < -0.3 is 14.9 Å². The van der Waals surface area contributed by atoms with E-state index in [0.29, 0.717) is 11.8 Å². The number of carbonyl (C=O) groups excluding carboxylic acids is 1. The van der Waals surface area contributed by atoms with Crippen molar-refractivity contribution in [2.75, 3.05) is 32.7 Å². The Morgan fingerprint density at radius 1 is 1.19 bits per heavy atom. The molecule has 0 bridgehead atoms. The summed E-state index contributed by atoms with van der Waals surface area (Å²) in [7, 11) is 0. The molecule has 0 aromatic rings. The SMILES string of the molecule is CC(C)(C)C(O)CN1CCC(CN2CCCCC2=O)CC1. The lowest BCUT2D eigenvalue weighted by atomic mass is 9.88. The third-order valence-corrected chi connectivity index (χ3v) is 5.04. The smallest absolute Gasteiger partial charge is 0.222 e. The Morgan fingerprint density at radius 2 is 1.86 bits per heavy atom. The fourth-order valence-electron chi connectivity index (χ4n) is 3.24. The van der Waals surface area contributed by atoms with E-state index in [-0.39, 0.29) is 11.5 Å². The van der Waals surface area contributed by atoms with Crippen LogP contribution in [0.2, 0.25) is 0 Å². The molecule has 0 aliphatic carbocycles. The maximum atomic E-state index is 11.9. The minimum atomic E-state index is -0.266. The van der Waals surface area contributed by atoms with E-state index in [4.69, 9.17) is 0 Å². The van der Waals surface area contributed by atoms with Crippen molar-refractivity contribution in [3.8, 4) is 0 Å². The molecule has 21 heavy (non-hydrogen) atoms. The average molecular weight is 296 g/mol. The summed E-state index contributed by atoms with van der Waals surface area (Å²) in [4.78, 5) is 16.3. The second-order valence-electron chi connectivity index (χ2n) is 7.92. The van der Waals surface area contributed by atoms with E-state index in [1.807, 2.05) is 0 Å². The highest BCUT2D eigenvalue weighted by Crippen LogP contribution is 2.24. The Morgan fingerprint density at radius 3 is 2.43 bits per heavy atom. The first kappa shape index (κ1) is 16.8. The largest absolute Gasteiger partial charge is 0.391 e. The topological polar surface area (TPSA) is 43.8 Å². The molecule has 1 amide bonds. The lowest BCUT2D eigenvalue weighted by molar-refractivity contribution is -0.134. The Labute approximate surface area is 129 Å². The number of rotatable bonds is 4. The van der Waals surface area contributed by atoms with Gasteiger partial charge in [0.15, 0.2) is 0 Å². The first-order valence-corrected chi connectivity index (χ1v) is 8.54. The monoisotopic (exact) mass is 296 g/mol. The van der Waals surface area contributed by atoms with Gasteiger partial charge >= 0.3 is 0 Å². The second-order valence-corrected chi connectivity index (χ2v) is 7.92. The molecule has 1 atom stereocenters. The predicted octanol–water partition coefficient (Wildman–Crippen LogP) is 2.12. The van der Waals surface area contributed by atoms with E-state index >= 15 is 0 Å². The quantitative estimate of drug-likeness (QED) is 0.864. The first-order chi connectivity index (χ1) is 9.86. The highest BCUT2D eigenvalue weighted by Gasteiger charge is 2.28. The minimum absolute atomic E-state index is 0.0446. The van der Waals surface area contributed by atoms with E-state index in [9.17, 15) is 9.90 Å². The maximum Gasteiger partial charge on any atom is 0.222 e. The van der Waals surface area contributed by atoms with Crippen LogP contribution in [0.1, 0.15) is 52.9 Å². The van der Waals surface area contributed by atoms with Crippen LogP contribution >= 0.6 is 0 Å². The van der Waals surface area contributed by atoms with Crippen molar-refractivity contribution in [2.24, 2.45) is 11.3 Å². The van der Waals surface area contributed by atoms with Crippen molar-refractivity contribution in [3.63, 3.8) is 0 Å². The summed E-state index contributed by atoms with van der Waals surface area (Å²) in [6, 6.07) is 0. The summed E-state index contributed by atoms with van der Waals surface area (Å²) < 4.78 is 0. The highest BCUT2D eigenvalue weighted by molar-refractivity contribution is 5.76.